The van der Waals surface area contributed by atoms with Gasteiger partial charge < -0.3 is 0 Å². The van der Waals surface area contributed by atoms with E-state index in [9.17, 15) is 8.68 Å². The van der Waals surface area contributed by atoms with Gasteiger partial charge in [-0.3, -0.25) is 0 Å². The number of halogens is 3. The minimum absolute atomic E-state index is 0.598. The van der Waals surface area contributed by atoms with E-state index in [0.29, 0.717) is 0 Å². The molecular weight excluding hydrogens is 245 g/mol. The summed E-state index contributed by atoms with van der Waals surface area (Å²) in [6.07, 6.45) is 0.963. The van der Waals surface area contributed by atoms with Gasteiger partial charge in [0.05, 0.1) is 0 Å². The average Bonchev–Trinajstić information content (AvgIpc) is 1.66. The molecule has 0 radical (unpaired) electrons. The summed E-state index contributed by atoms with van der Waals surface area (Å²) in [6, 6.07) is 0. The zero-order valence-electron chi connectivity index (χ0n) is 5.28. The number of rotatable bonds is 3. The van der Waals surface area contributed by atoms with Crippen molar-refractivity contribution in [1.82, 2.24) is 0 Å². The van der Waals surface area contributed by atoms with Crippen LogP contribution in [0.15, 0.2) is 12.7 Å². The van der Waals surface area contributed by atoms with Gasteiger partial charge in [-0.2, -0.15) is 0 Å². The monoisotopic (exact) mass is 258 g/mol. The van der Waals surface area contributed by atoms with Gasteiger partial charge in [0.25, 0.3) is 0 Å². The molecule has 0 aliphatic rings. The van der Waals surface area contributed by atoms with Crippen LogP contribution in [0, 0.1) is 0 Å². The van der Waals surface area contributed by atoms with E-state index in [4.69, 9.17) is 0 Å². The van der Waals surface area contributed by atoms with Crippen molar-refractivity contribution in [3.05, 3.63) is 12.7 Å². The van der Waals surface area contributed by atoms with Gasteiger partial charge in [-0.15, -0.1) is 0 Å². The Bertz CT molecular complexity index is 113. The van der Waals surface area contributed by atoms with Gasteiger partial charge in [-0.05, 0) is 0 Å². The van der Waals surface area contributed by atoms with Gasteiger partial charge in [0.1, 0.15) is 0 Å². The van der Waals surface area contributed by atoms with E-state index in [-0.39, 0.29) is 0 Å². The zero-order chi connectivity index (χ0) is 7.57. The summed E-state index contributed by atoms with van der Waals surface area (Å²) in [4.78, 5) is 0. The van der Waals surface area contributed by atoms with Crippen molar-refractivity contribution < 1.29 is 8.68 Å². The van der Waals surface area contributed by atoms with Crippen LogP contribution in [0.4, 0.5) is 8.68 Å². The van der Waals surface area contributed by atoms with Crippen LogP contribution < -0.4 is 0 Å². The molecule has 0 amide bonds. The molecule has 0 rings (SSSR count). The molecule has 0 spiro atoms. The molecule has 9 heavy (non-hydrogen) atoms. The number of allylic oxidation sites excluding steroid dienone is 1. The quantitative estimate of drug-likeness (QED) is 0.537. The number of hydrogen-bond donors (Lipinski definition) is 0. The van der Waals surface area contributed by atoms with Crippen LogP contribution in [0.2, 0.25) is 8.94 Å². The van der Waals surface area contributed by atoms with Crippen LogP contribution >= 0.6 is 0 Å². The summed E-state index contributed by atoms with van der Waals surface area (Å²) in [5.74, 6) is 0. The first-order valence-electron chi connectivity index (χ1n) is 2.66. The van der Waals surface area contributed by atoms with Crippen LogP contribution in [-0.2, 0) is 0 Å². The van der Waals surface area contributed by atoms with E-state index in [1.165, 1.54) is 6.92 Å². The SMILES string of the molecule is C=CC[TeH](F)(F)(F)CC. The second-order valence-corrected chi connectivity index (χ2v) is 11.2. The van der Waals surface area contributed by atoms with Crippen molar-refractivity contribution in [1.29, 1.82) is 0 Å². The van der Waals surface area contributed by atoms with Gasteiger partial charge in [0.2, 0.25) is 0 Å². The van der Waals surface area contributed by atoms with Crippen molar-refractivity contribution >= 4 is 18.5 Å². The van der Waals surface area contributed by atoms with Gasteiger partial charge in [0, 0.05) is 0 Å². The first-order chi connectivity index (χ1) is 3.89. The Kier molecular flexibility index (Phi) is 2.60. The Morgan fingerprint density at radius 2 is 1.89 bits per heavy atom. The molecule has 0 bridgehead atoms. The Hall–Kier alpha value is 0.320. The second-order valence-electron chi connectivity index (χ2n) is 1.92. The van der Waals surface area contributed by atoms with Crippen LogP contribution in [0.25, 0.3) is 0 Å². The van der Waals surface area contributed by atoms with E-state index < -0.39 is 27.4 Å². The Morgan fingerprint density at radius 3 is 2.00 bits per heavy atom. The molecule has 0 aromatic rings. The van der Waals surface area contributed by atoms with E-state index in [0.717, 1.165) is 6.08 Å². The van der Waals surface area contributed by atoms with Gasteiger partial charge in [0.15, 0.2) is 0 Å². The van der Waals surface area contributed by atoms with Crippen LogP contribution in [0.5, 0.6) is 0 Å². The average molecular weight is 256 g/mol. The molecule has 0 aliphatic heterocycles. The minimum atomic E-state index is -6.47. The van der Waals surface area contributed by atoms with E-state index in [2.05, 4.69) is 6.58 Å². The first kappa shape index (κ1) is 9.32. The maximum absolute atomic E-state index is 12.3. The second kappa shape index (κ2) is 2.51. The molecule has 0 unspecified atom stereocenters. The van der Waals surface area contributed by atoms with Crippen molar-refractivity contribution in [2.45, 2.75) is 15.9 Å². The fourth-order valence-corrected chi connectivity index (χ4v) is 2.46. The molecular formula is C5H11F3Te. The zero-order valence-corrected chi connectivity index (χ0v) is 7.83. The third-order valence-corrected chi connectivity index (χ3v) is 7.03. The molecule has 0 heterocycles. The first-order valence-corrected chi connectivity index (χ1v) is 9.17. The fraction of sp³-hybridized carbons (Fsp3) is 0.600. The summed E-state index contributed by atoms with van der Waals surface area (Å²) in [5, 5.41) is 0. The standard InChI is InChI=1S/C5H11F3Te/c1-3-5-9(6,7,8)4-2/h3,9H,1,4-5H2,2H3. The summed E-state index contributed by atoms with van der Waals surface area (Å²) in [7, 11) is 0. The molecule has 0 aliphatic carbocycles. The third-order valence-electron chi connectivity index (χ3n) is 1.05. The predicted octanol–water partition coefficient (Wildman–Crippen LogP) is 2.73. The van der Waals surface area contributed by atoms with Gasteiger partial charge in [-0.25, -0.2) is 0 Å². The molecule has 58 valence electrons. The van der Waals surface area contributed by atoms with Crippen molar-refractivity contribution in [3.63, 3.8) is 0 Å². The summed E-state index contributed by atoms with van der Waals surface area (Å²) in [5.41, 5.74) is 0. The number of hydrogen-bond acceptors (Lipinski definition) is 0. The summed E-state index contributed by atoms with van der Waals surface area (Å²) in [6.45, 7) is 4.26. The third kappa shape index (κ3) is 3.83. The predicted molar refractivity (Wildman–Crippen MR) is 36.0 cm³/mol. The molecule has 0 N–H and O–H groups in total. The molecule has 0 saturated heterocycles. The Labute approximate surface area is 56.1 Å². The Balaban J connectivity index is 4.11. The van der Waals surface area contributed by atoms with Crippen molar-refractivity contribution in [3.8, 4) is 0 Å². The normalized spacial score (nSPS) is 16.2. The van der Waals surface area contributed by atoms with Crippen molar-refractivity contribution in [2.75, 3.05) is 0 Å². The molecule has 0 fully saturated rings. The van der Waals surface area contributed by atoms with Crippen molar-refractivity contribution in [2.24, 2.45) is 0 Å². The molecule has 0 saturated carbocycles. The van der Waals surface area contributed by atoms with Gasteiger partial charge >= 0.3 is 55.7 Å². The van der Waals surface area contributed by atoms with E-state index in [1.807, 2.05) is 0 Å². The molecule has 0 nitrogen and oxygen atoms in total. The van der Waals surface area contributed by atoms with E-state index >= 15 is 0 Å². The molecule has 0 aromatic heterocycles. The van der Waals surface area contributed by atoms with Gasteiger partial charge in [-0.1, -0.05) is 0 Å². The molecule has 0 aromatic carbocycles. The van der Waals surface area contributed by atoms with Crippen LogP contribution in [0.1, 0.15) is 6.92 Å². The maximum atomic E-state index is 12.3. The topological polar surface area (TPSA) is 0 Å². The molecule has 0 atom stereocenters. The Morgan fingerprint density at radius 1 is 1.44 bits per heavy atom. The summed E-state index contributed by atoms with van der Waals surface area (Å²) >= 11 is -6.47. The molecule has 4 heteroatoms. The van der Waals surface area contributed by atoms with Crippen LogP contribution in [0.3, 0.4) is 0 Å². The fourth-order valence-electron chi connectivity index (χ4n) is 0.367. The van der Waals surface area contributed by atoms with Crippen LogP contribution in [-0.4, -0.2) is 18.5 Å². The summed E-state index contributed by atoms with van der Waals surface area (Å²) < 4.78 is 35.6. The van der Waals surface area contributed by atoms with E-state index in [1.54, 1.807) is 0 Å².